The van der Waals surface area contributed by atoms with Gasteiger partial charge >= 0.3 is 0 Å². The van der Waals surface area contributed by atoms with E-state index in [-0.39, 0.29) is 5.02 Å². The Labute approximate surface area is 121 Å². The highest BCUT2D eigenvalue weighted by Gasteiger charge is 2.17. The molecule has 1 aliphatic rings. The summed E-state index contributed by atoms with van der Waals surface area (Å²) in [7, 11) is 0. The molecule has 1 aromatic heterocycles. The molecule has 5 heteroatoms. The van der Waals surface area contributed by atoms with Gasteiger partial charge in [-0.15, -0.1) is 0 Å². The Kier molecular flexibility index (Phi) is 3.85. The second-order valence-electron chi connectivity index (χ2n) is 4.76. The Bertz CT molecular complexity index is 597. The third-order valence-corrected chi connectivity index (χ3v) is 3.78. The van der Waals surface area contributed by atoms with Gasteiger partial charge in [-0.1, -0.05) is 23.7 Å². The van der Waals surface area contributed by atoms with E-state index >= 15 is 0 Å². The number of nitrogens with one attached hydrogen (secondary N) is 1. The van der Waals surface area contributed by atoms with Crippen LogP contribution in [0.4, 0.5) is 15.9 Å². The molecule has 0 saturated carbocycles. The summed E-state index contributed by atoms with van der Waals surface area (Å²) < 4.78 is 18.7. The molecule has 0 aliphatic carbocycles. The van der Waals surface area contributed by atoms with E-state index in [1.165, 1.54) is 17.8 Å². The number of halogens is 2. The highest BCUT2D eigenvalue weighted by molar-refractivity contribution is 6.33. The maximum Gasteiger partial charge on any atom is 0.152 e. The molecule has 3 rings (SSSR count). The van der Waals surface area contributed by atoms with Gasteiger partial charge in [-0.25, -0.2) is 9.37 Å². The first-order valence-electron chi connectivity index (χ1n) is 6.49. The molecule has 20 heavy (non-hydrogen) atoms. The number of hydrogen-bond donors (Lipinski definition) is 1. The average molecular weight is 293 g/mol. The highest BCUT2D eigenvalue weighted by Crippen LogP contribution is 2.28. The molecule has 0 spiro atoms. The number of aromatic nitrogens is 1. The Hall–Kier alpha value is -1.65. The van der Waals surface area contributed by atoms with Crippen LogP contribution in [0.2, 0.25) is 5.02 Å². The normalized spacial score (nSPS) is 18.2. The van der Waals surface area contributed by atoms with Crippen molar-refractivity contribution in [2.45, 2.75) is 12.3 Å². The van der Waals surface area contributed by atoms with Gasteiger partial charge in [0, 0.05) is 24.4 Å². The molecule has 1 saturated heterocycles. The van der Waals surface area contributed by atoms with E-state index < -0.39 is 5.82 Å². The van der Waals surface area contributed by atoms with Crippen LogP contribution in [0.3, 0.4) is 0 Å². The summed E-state index contributed by atoms with van der Waals surface area (Å²) in [5.41, 5.74) is 2.08. The first-order valence-corrected chi connectivity index (χ1v) is 6.86. The molecule has 1 aliphatic heterocycles. The first-order chi connectivity index (χ1) is 9.74. The summed E-state index contributed by atoms with van der Waals surface area (Å²) in [4.78, 5) is 4.03. The minimum absolute atomic E-state index is 0.000712. The smallest absolute Gasteiger partial charge is 0.152 e. The van der Waals surface area contributed by atoms with Crippen molar-refractivity contribution in [3.05, 3.63) is 52.9 Å². The lowest BCUT2D eigenvalue weighted by atomic mass is 9.98. The Morgan fingerprint density at radius 1 is 1.25 bits per heavy atom. The van der Waals surface area contributed by atoms with Crippen LogP contribution in [-0.2, 0) is 4.74 Å². The van der Waals surface area contributed by atoms with Gasteiger partial charge in [0.05, 0.1) is 6.61 Å². The second-order valence-corrected chi connectivity index (χ2v) is 5.14. The lowest BCUT2D eigenvalue weighted by Crippen LogP contribution is -1.99. The van der Waals surface area contributed by atoms with E-state index in [9.17, 15) is 4.39 Å². The van der Waals surface area contributed by atoms with E-state index in [1.54, 1.807) is 0 Å². The fraction of sp³-hybridized carbons (Fsp3) is 0.267. The summed E-state index contributed by atoms with van der Waals surface area (Å²) in [6, 6.07) is 9.22. The van der Waals surface area contributed by atoms with Gasteiger partial charge in [-0.3, -0.25) is 0 Å². The molecule has 1 atom stereocenters. The summed E-state index contributed by atoms with van der Waals surface area (Å²) in [5, 5.41) is 3.02. The highest BCUT2D eigenvalue weighted by atomic mass is 35.5. The van der Waals surface area contributed by atoms with Crippen LogP contribution in [0.15, 0.2) is 36.5 Å². The zero-order valence-corrected chi connectivity index (χ0v) is 11.5. The van der Waals surface area contributed by atoms with Gasteiger partial charge in [0.2, 0.25) is 0 Å². The minimum Gasteiger partial charge on any atom is -0.381 e. The number of rotatable bonds is 3. The van der Waals surface area contributed by atoms with Crippen molar-refractivity contribution < 1.29 is 9.13 Å². The maximum atomic E-state index is 13.3. The van der Waals surface area contributed by atoms with Crippen molar-refractivity contribution >= 4 is 23.1 Å². The summed E-state index contributed by atoms with van der Waals surface area (Å²) in [5.74, 6) is 0.312. The predicted molar refractivity (Wildman–Crippen MR) is 77.1 cm³/mol. The quantitative estimate of drug-likeness (QED) is 0.924. The van der Waals surface area contributed by atoms with Crippen LogP contribution in [0, 0.1) is 5.82 Å². The minimum atomic E-state index is -0.483. The number of benzene rings is 1. The third kappa shape index (κ3) is 2.76. The second kappa shape index (κ2) is 5.77. The fourth-order valence-corrected chi connectivity index (χ4v) is 2.44. The number of anilines is 2. The van der Waals surface area contributed by atoms with Gasteiger partial charge in [0.1, 0.15) is 10.8 Å². The van der Waals surface area contributed by atoms with Crippen molar-refractivity contribution in [1.82, 2.24) is 4.98 Å². The molecule has 1 unspecified atom stereocenters. The standard InChI is InChI=1S/C15H14ClFN2O/c16-14-13(17)5-7-18-15(14)19-12-3-1-10(2-4-12)11-6-8-20-9-11/h1-5,7,11H,6,8-9H2,(H,18,19). The lowest BCUT2D eigenvalue weighted by molar-refractivity contribution is 0.194. The van der Waals surface area contributed by atoms with E-state index in [0.29, 0.717) is 11.7 Å². The van der Waals surface area contributed by atoms with E-state index in [0.717, 1.165) is 25.3 Å². The monoisotopic (exact) mass is 292 g/mol. The summed E-state index contributed by atoms with van der Waals surface area (Å²) >= 11 is 5.86. The molecule has 104 valence electrons. The van der Waals surface area contributed by atoms with Gasteiger partial charge in [0.25, 0.3) is 0 Å². The van der Waals surface area contributed by atoms with E-state index in [2.05, 4.69) is 22.4 Å². The first kappa shape index (κ1) is 13.3. The molecular formula is C15H14ClFN2O. The van der Waals surface area contributed by atoms with Crippen LogP contribution in [0.25, 0.3) is 0 Å². The molecule has 0 radical (unpaired) electrons. The lowest BCUT2D eigenvalue weighted by Gasteiger charge is -2.11. The van der Waals surface area contributed by atoms with E-state index in [1.807, 2.05) is 12.1 Å². The molecule has 3 nitrogen and oxygen atoms in total. The van der Waals surface area contributed by atoms with Gasteiger partial charge in [-0.05, 0) is 30.2 Å². The van der Waals surface area contributed by atoms with Crippen molar-refractivity contribution in [1.29, 1.82) is 0 Å². The molecule has 1 fully saturated rings. The third-order valence-electron chi connectivity index (χ3n) is 3.42. The van der Waals surface area contributed by atoms with E-state index in [4.69, 9.17) is 16.3 Å². The molecule has 2 heterocycles. The van der Waals surface area contributed by atoms with Crippen molar-refractivity contribution in [3.63, 3.8) is 0 Å². The Balaban J connectivity index is 1.76. The SMILES string of the molecule is Fc1ccnc(Nc2ccc(C3CCOC3)cc2)c1Cl. The number of ether oxygens (including phenoxy) is 1. The van der Waals surface area contributed by atoms with Crippen LogP contribution < -0.4 is 5.32 Å². The van der Waals surface area contributed by atoms with Gasteiger partial charge in [0.15, 0.2) is 5.82 Å². The van der Waals surface area contributed by atoms with Crippen LogP contribution >= 0.6 is 11.6 Å². The van der Waals surface area contributed by atoms with Crippen molar-refractivity contribution in [3.8, 4) is 0 Å². The number of nitrogens with zero attached hydrogens (tertiary/aromatic N) is 1. The van der Waals surface area contributed by atoms with Crippen molar-refractivity contribution in [2.24, 2.45) is 0 Å². The predicted octanol–water partition coefficient (Wildman–Crippen LogP) is 4.12. The van der Waals surface area contributed by atoms with Gasteiger partial charge in [-0.2, -0.15) is 0 Å². The fourth-order valence-electron chi connectivity index (χ4n) is 2.28. The average Bonchev–Trinajstić information content (AvgIpc) is 2.99. The zero-order chi connectivity index (χ0) is 13.9. The number of pyridine rings is 1. The molecular weight excluding hydrogens is 279 g/mol. The zero-order valence-electron chi connectivity index (χ0n) is 10.8. The molecule has 0 amide bonds. The molecule has 2 aromatic rings. The van der Waals surface area contributed by atoms with Crippen molar-refractivity contribution in [2.75, 3.05) is 18.5 Å². The van der Waals surface area contributed by atoms with Crippen LogP contribution in [0.5, 0.6) is 0 Å². The Morgan fingerprint density at radius 3 is 2.75 bits per heavy atom. The van der Waals surface area contributed by atoms with Gasteiger partial charge < -0.3 is 10.1 Å². The number of hydrogen-bond acceptors (Lipinski definition) is 3. The molecule has 1 aromatic carbocycles. The Morgan fingerprint density at radius 2 is 2.05 bits per heavy atom. The molecule has 0 bridgehead atoms. The summed E-state index contributed by atoms with van der Waals surface area (Å²) in [6.45, 7) is 1.61. The summed E-state index contributed by atoms with van der Waals surface area (Å²) in [6.07, 6.45) is 2.44. The van der Waals surface area contributed by atoms with Crippen LogP contribution in [-0.4, -0.2) is 18.2 Å². The maximum absolute atomic E-state index is 13.3. The largest absolute Gasteiger partial charge is 0.381 e. The molecule has 1 N–H and O–H groups in total. The van der Waals surface area contributed by atoms with Crippen LogP contribution in [0.1, 0.15) is 17.9 Å². The topological polar surface area (TPSA) is 34.2 Å².